The van der Waals surface area contributed by atoms with Gasteiger partial charge < -0.3 is 25.7 Å². The Morgan fingerprint density at radius 2 is 2.15 bits per heavy atom. The largest absolute Gasteiger partial charge is 0.454 e. The van der Waals surface area contributed by atoms with Crippen LogP contribution in [0, 0.1) is 11.7 Å². The van der Waals surface area contributed by atoms with Crippen LogP contribution in [0.4, 0.5) is 16.2 Å². The van der Waals surface area contributed by atoms with Crippen molar-refractivity contribution in [3.8, 4) is 11.3 Å². The average Bonchev–Trinajstić information content (AvgIpc) is 3.19. The number of nitrogens with zero attached hydrogens (tertiary/aromatic N) is 3. The van der Waals surface area contributed by atoms with Crippen LogP contribution in [0.15, 0.2) is 22.9 Å². The third-order valence-electron chi connectivity index (χ3n) is 4.73. The van der Waals surface area contributed by atoms with Crippen LogP contribution in [-0.2, 0) is 0 Å². The van der Waals surface area contributed by atoms with E-state index in [1.807, 2.05) is 0 Å². The summed E-state index contributed by atoms with van der Waals surface area (Å²) in [5.41, 5.74) is 6.28. The molecule has 142 valence electrons. The third kappa shape index (κ3) is 3.29. The van der Waals surface area contributed by atoms with Crippen LogP contribution >= 0.6 is 11.6 Å². The lowest BCUT2D eigenvalue weighted by Crippen LogP contribution is -2.29. The van der Waals surface area contributed by atoms with E-state index in [2.05, 4.69) is 20.3 Å². The number of nitrogens with two attached hydrogens (primary N) is 1. The summed E-state index contributed by atoms with van der Waals surface area (Å²) in [5.74, 6) is -0.0805. The number of aliphatic hydroxyl groups is 2. The number of halogens is 2. The molecule has 1 fully saturated rings. The van der Waals surface area contributed by atoms with Crippen molar-refractivity contribution in [2.45, 2.75) is 25.0 Å². The molecule has 0 unspecified atom stereocenters. The number of furan rings is 1. The zero-order valence-electron chi connectivity index (χ0n) is 14.1. The summed E-state index contributed by atoms with van der Waals surface area (Å²) in [4.78, 5) is 11.9. The topological polar surface area (TPSA) is 130 Å². The van der Waals surface area contributed by atoms with Crippen molar-refractivity contribution >= 4 is 34.3 Å². The number of aliphatic hydroxyl groups excluding tert-OH is 2. The standard InChI is InChI=1S/C17H17ClFN5O3/c18-15-14(12-3-8-9(19)4-21-5-13(8)27-12)16(24-17(20)23-15)22-10-1-7(6-25)2-11(10)26/h3-5,7,10-11,25-26H,1-2,6H2,(H3,20,22,23,24)/t7-,10+,11+/m0/s1. The Hall–Kier alpha value is -2.49. The van der Waals surface area contributed by atoms with Gasteiger partial charge in [-0.05, 0) is 24.8 Å². The van der Waals surface area contributed by atoms with Crippen molar-refractivity contribution in [1.82, 2.24) is 15.0 Å². The Kier molecular flexibility index (Phi) is 4.58. The molecule has 3 aromatic rings. The van der Waals surface area contributed by atoms with Gasteiger partial charge in [-0.1, -0.05) is 11.6 Å². The summed E-state index contributed by atoms with van der Waals surface area (Å²) in [7, 11) is 0. The predicted octanol–water partition coefficient (Wildman–Crippen LogP) is 2.20. The molecule has 8 nitrogen and oxygen atoms in total. The summed E-state index contributed by atoms with van der Waals surface area (Å²) in [6.07, 6.45) is 2.85. The maximum atomic E-state index is 14.0. The number of anilines is 2. The van der Waals surface area contributed by atoms with Gasteiger partial charge in [-0.25, -0.2) is 9.37 Å². The molecule has 10 heteroatoms. The molecule has 3 atom stereocenters. The summed E-state index contributed by atoms with van der Waals surface area (Å²) >= 11 is 6.27. The number of nitrogens with one attached hydrogen (secondary N) is 1. The molecule has 0 spiro atoms. The van der Waals surface area contributed by atoms with Gasteiger partial charge in [-0.15, -0.1) is 0 Å². The Labute approximate surface area is 158 Å². The van der Waals surface area contributed by atoms with E-state index in [0.717, 1.165) is 6.20 Å². The van der Waals surface area contributed by atoms with Gasteiger partial charge in [0.05, 0.1) is 35.5 Å². The normalized spacial score (nSPS) is 22.4. The van der Waals surface area contributed by atoms with Crippen LogP contribution in [0.25, 0.3) is 22.3 Å². The lowest BCUT2D eigenvalue weighted by atomic mass is 10.1. The van der Waals surface area contributed by atoms with Crippen molar-refractivity contribution in [1.29, 1.82) is 0 Å². The van der Waals surface area contributed by atoms with Gasteiger partial charge in [0.25, 0.3) is 0 Å². The molecule has 0 radical (unpaired) electrons. The summed E-state index contributed by atoms with van der Waals surface area (Å²) in [6, 6.07) is 1.13. The van der Waals surface area contributed by atoms with Gasteiger partial charge in [0, 0.05) is 6.61 Å². The van der Waals surface area contributed by atoms with Crippen LogP contribution in [0.3, 0.4) is 0 Å². The van der Waals surface area contributed by atoms with Gasteiger partial charge in [0.1, 0.15) is 16.7 Å². The molecule has 0 bridgehead atoms. The van der Waals surface area contributed by atoms with Crippen LogP contribution in [-0.4, -0.2) is 43.9 Å². The highest BCUT2D eigenvalue weighted by Crippen LogP contribution is 2.38. The second-order valence-electron chi connectivity index (χ2n) is 6.58. The monoisotopic (exact) mass is 393 g/mol. The van der Waals surface area contributed by atoms with E-state index < -0.39 is 11.9 Å². The first-order valence-corrected chi connectivity index (χ1v) is 8.76. The van der Waals surface area contributed by atoms with E-state index in [4.69, 9.17) is 21.8 Å². The molecule has 3 aromatic heterocycles. The summed E-state index contributed by atoms with van der Waals surface area (Å²) < 4.78 is 19.6. The van der Waals surface area contributed by atoms with E-state index in [0.29, 0.717) is 18.4 Å². The average molecular weight is 394 g/mol. The van der Waals surface area contributed by atoms with Gasteiger partial charge in [-0.3, -0.25) is 4.98 Å². The smallest absolute Gasteiger partial charge is 0.223 e. The fourth-order valence-corrected chi connectivity index (χ4v) is 3.69. The number of hydrogen-bond acceptors (Lipinski definition) is 8. The number of pyridine rings is 1. The molecular formula is C17H17ClFN5O3. The minimum absolute atomic E-state index is 0.00931. The molecular weight excluding hydrogens is 377 g/mol. The molecule has 3 heterocycles. The number of nitrogen functional groups attached to an aromatic ring is 1. The quantitative estimate of drug-likeness (QED) is 0.496. The molecule has 5 N–H and O–H groups in total. The van der Waals surface area contributed by atoms with E-state index >= 15 is 0 Å². The maximum Gasteiger partial charge on any atom is 0.223 e. The van der Waals surface area contributed by atoms with E-state index in [1.165, 1.54) is 12.3 Å². The minimum Gasteiger partial charge on any atom is -0.454 e. The summed E-state index contributed by atoms with van der Waals surface area (Å²) in [6.45, 7) is -0.00931. The van der Waals surface area contributed by atoms with Gasteiger partial charge in [0.2, 0.25) is 5.95 Å². The number of hydrogen-bond donors (Lipinski definition) is 4. The fraction of sp³-hybridized carbons (Fsp3) is 0.353. The zero-order valence-corrected chi connectivity index (χ0v) is 14.8. The highest BCUT2D eigenvalue weighted by molar-refractivity contribution is 6.32. The predicted molar refractivity (Wildman–Crippen MR) is 97.6 cm³/mol. The highest BCUT2D eigenvalue weighted by Gasteiger charge is 2.34. The first-order chi connectivity index (χ1) is 13.0. The molecule has 0 aliphatic heterocycles. The van der Waals surface area contributed by atoms with Crippen molar-refractivity contribution < 1.29 is 19.0 Å². The number of rotatable bonds is 4. The van der Waals surface area contributed by atoms with Crippen LogP contribution in [0.1, 0.15) is 12.8 Å². The molecule has 1 aliphatic carbocycles. The molecule has 0 aromatic carbocycles. The summed E-state index contributed by atoms with van der Waals surface area (Å²) in [5, 5.41) is 23.0. The highest BCUT2D eigenvalue weighted by atomic mass is 35.5. The van der Waals surface area contributed by atoms with Crippen molar-refractivity contribution in [2.24, 2.45) is 5.92 Å². The molecule has 0 saturated heterocycles. The zero-order chi connectivity index (χ0) is 19.1. The van der Waals surface area contributed by atoms with E-state index in [9.17, 15) is 14.6 Å². The Morgan fingerprint density at radius 1 is 1.33 bits per heavy atom. The van der Waals surface area contributed by atoms with E-state index in [-0.39, 0.29) is 52.2 Å². The Balaban J connectivity index is 1.77. The molecule has 0 amide bonds. The Morgan fingerprint density at radius 3 is 2.85 bits per heavy atom. The van der Waals surface area contributed by atoms with Crippen molar-refractivity contribution in [3.05, 3.63) is 29.4 Å². The minimum atomic E-state index is -0.665. The first kappa shape index (κ1) is 17.9. The second-order valence-corrected chi connectivity index (χ2v) is 6.94. The van der Waals surface area contributed by atoms with Gasteiger partial charge in [-0.2, -0.15) is 4.98 Å². The molecule has 1 aliphatic rings. The molecule has 4 rings (SSSR count). The van der Waals surface area contributed by atoms with Gasteiger partial charge >= 0.3 is 0 Å². The fourth-order valence-electron chi connectivity index (χ4n) is 3.42. The van der Waals surface area contributed by atoms with Crippen LogP contribution in [0.5, 0.6) is 0 Å². The maximum absolute atomic E-state index is 14.0. The lowest BCUT2D eigenvalue weighted by Gasteiger charge is -2.19. The Bertz CT molecular complexity index is 998. The molecule has 1 saturated carbocycles. The van der Waals surface area contributed by atoms with Crippen molar-refractivity contribution in [3.63, 3.8) is 0 Å². The van der Waals surface area contributed by atoms with Gasteiger partial charge in [0.15, 0.2) is 11.4 Å². The number of aromatic nitrogens is 3. The third-order valence-corrected chi connectivity index (χ3v) is 5.01. The lowest BCUT2D eigenvalue weighted by molar-refractivity contribution is 0.157. The number of fused-ring (bicyclic) bond motifs is 1. The SMILES string of the molecule is Nc1nc(Cl)c(-c2cc3c(F)cncc3o2)c(N[C@@H]2C[C@H](CO)C[C@H]2O)n1. The van der Waals surface area contributed by atoms with Crippen LogP contribution in [0.2, 0.25) is 5.15 Å². The van der Waals surface area contributed by atoms with E-state index in [1.54, 1.807) is 0 Å². The van der Waals surface area contributed by atoms with Crippen LogP contribution < -0.4 is 11.1 Å². The molecule has 27 heavy (non-hydrogen) atoms. The second kappa shape index (κ2) is 6.91. The first-order valence-electron chi connectivity index (χ1n) is 8.38. The van der Waals surface area contributed by atoms with Crippen molar-refractivity contribution in [2.75, 3.05) is 17.7 Å².